The summed E-state index contributed by atoms with van der Waals surface area (Å²) >= 11 is 6.21. The van der Waals surface area contributed by atoms with Crippen molar-refractivity contribution < 1.29 is 5.11 Å². The summed E-state index contributed by atoms with van der Waals surface area (Å²) < 4.78 is 0. The summed E-state index contributed by atoms with van der Waals surface area (Å²) in [4.78, 5) is 0. The molecule has 1 atom stereocenters. The standard InChI is InChI=1S/C15H21ClO/c1-14(2)8-5-9-15(17,11-10-14)12-6-3-4-7-13(12)16/h3-4,6-7,17H,5,8-11H2,1-2H3. The average molecular weight is 253 g/mol. The lowest BCUT2D eigenvalue weighted by Crippen LogP contribution is -2.25. The second-order valence-electron chi connectivity index (χ2n) is 6.03. The Bertz CT molecular complexity index is 400. The first-order chi connectivity index (χ1) is 7.93. The Balaban J connectivity index is 2.28. The third-order valence-corrected chi connectivity index (χ3v) is 4.36. The Morgan fingerprint density at radius 1 is 1.06 bits per heavy atom. The van der Waals surface area contributed by atoms with Crippen molar-refractivity contribution >= 4 is 11.6 Å². The highest BCUT2D eigenvalue weighted by Crippen LogP contribution is 2.44. The minimum atomic E-state index is -0.730. The van der Waals surface area contributed by atoms with Crippen molar-refractivity contribution in [1.82, 2.24) is 0 Å². The monoisotopic (exact) mass is 252 g/mol. The number of hydrogen-bond acceptors (Lipinski definition) is 1. The van der Waals surface area contributed by atoms with Gasteiger partial charge in [0.25, 0.3) is 0 Å². The molecule has 0 heterocycles. The van der Waals surface area contributed by atoms with Crippen LogP contribution < -0.4 is 0 Å². The van der Waals surface area contributed by atoms with Gasteiger partial charge in [0, 0.05) is 10.6 Å². The fourth-order valence-electron chi connectivity index (χ4n) is 2.76. The fourth-order valence-corrected chi connectivity index (χ4v) is 3.07. The molecule has 0 amide bonds. The zero-order valence-electron chi connectivity index (χ0n) is 10.7. The van der Waals surface area contributed by atoms with Crippen LogP contribution in [0.1, 0.15) is 51.5 Å². The molecule has 1 fully saturated rings. The van der Waals surface area contributed by atoms with Gasteiger partial charge in [-0.1, -0.05) is 43.6 Å². The number of rotatable bonds is 1. The molecule has 2 heteroatoms. The number of aliphatic hydroxyl groups is 1. The van der Waals surface area contributed by atoms with Gasteiger partial charge in [0.2, 0.25) is 0 Å². The van der Waals surface area contributed by atoms with Crippen LogP contribution in [0.2, 0.25) is 5.02 Å². The van der Waals surface area contributed by atoms with Crippen LogP contribution in [0.15, 0.2) is 24.3 Å². The van der Waals surface area contributed by atoms with E-state index in [9.17, 15) is 5.11 Å². The van der Waals surface area contributed by atoms with Gasteiger partial charge in [-0.25, -0.2) is 0 Å². The molecule has 0 saturated heterocycles. The molecular formula is C15H21ClO. The highest BCUT2D eigenvalue weighted by atomic mass is 35.5. The van der Waals surface area contributed by atoms with Crippen LogP contribution in [0.3, 0.4) is 0 Å². The van der Waals surface area contributed by atoms with Crippen molar-refractivity contribution in [1.29, 1.82) is 0 Å². The first kappa shape index (κ1) is 12.9. The highest BCUT2D eigenvalue weighted by molar-refractivity contribution is 6.31. The molecule has 1 unspecified atom stereocenters. The smallest absolute Gasteiger partial charge is 0.0911 e. The lowest BCUT2D eigenvalue weighted by atomic mass is 9.82. The molecule has 94 valence electrons. The fraction of sp³-hybridized carbons (Fsp3) is 0.600. The molecule has 1 N–H and O–H groups in total. The number of halogens is 1. The second kappa shape index (κ2) is 4.62. The molecule has 0 aromatic heterocycles. The third-order valence-electron chi connectivity index (χ3n) is 4.03. The van der Waals surface area contributed by atoms with Crippen molar-refractivity contribution in [3.05, 3.63) is 34.9 Å². The van der Waals surface area contributed by atoms with Gasteiger partial charge in [-0.05, 0) is 43.6 Å². The van der Waals surface area contributed by atoms with Crippen molar-refractivity contribution in [2.24, 2.45) is 5.41 Å². The van der Waals surface area contributed by atoms with Crippen LogP contribution in [-0.4, -0.2) is 5.11 Å². The maximum Gasteiger partial charge on any atom is 0.0911 e. The minimum Gasteiger partial charge on any atom is -0.385 e. The molecule has 1 saturated carbocycles. The van der Waals surface area contributed by atoms with Crippen molar-refractivity contribution in [2.75, 3.05) is 0 Å². The zero-order chi connectivity index (χ0) is 12.5. The topological polar surface area (TPSA) is 20.2 Å². The molecule has 0 radical (unpaired) electrons. The van der Waals surface area contributed by atoms with E-state index in [1.807, 2.05) is 24.3 Å². The molecule has 0 spiro atoms. The van der Waals surface area contributed by atoms with Gasteiger partial charge < -0.3 is 5.11 Å². The van der Waals surface area contributed by atoms with E-state index >= 15 is 0 Å². The van der Waals surface area contributed by atoms with E-state index in [1.54, 1.807) is 0 Å². The molecule has 17 heavy (non-hydrogen) atoms. The number of benzene rings is 1. The summed E-state index contributed by atoms with van der Waals surface area (Å²) in [6.07, 6.45) is 4.92. The van der Waals surface area contributed by atoms with Gasteiger partial charge in [-0.15, -0.1) is 0 Å². The lowest BCUT2D eigenvalue weighted by molar-refractivity contribution is 0.0181. The molecule has 0 aliphatic heterocycles. The summed E-state index contributed by atoms with van der Waals surface area (Å²) in [5.74, 6) is 0. The van der Waals surface area contributed by atoms with E-state index in [0.29, 0.717) is 10.4 Å². The van der Waals surface area contributed by atoms with E-state index in [2.05, 4.69) is 13.8 Å². The Kier molecular flexibility index (Phi) is 3.51. The van der Waals surface area contributed by atoms with E-state index < -0.39 is 5.60 Å². The molecule has 1 nitrogen and oxygen atoms in total. The highest BCUT2D eigenvalue weighted by Gasteiger charge is 2.36. The van der Waals surface area contributed by atoms with Crippen molar-refractivity contribution in [2.45, 2.75) is 51.6 Å². The predicted octanol–water partition coefficient (Wildman–Crippen LogP) is 4.52. The summed E-state index contributed by atoms with van der Waals surface area (Å²) in [5.41, 5.74) is 0.511. The van der Waals surface area contributed by atoms with E-state index in [0.717, 1.165) is 31.2 Å². The van der Waals surface area contributed by atoms with Gasteiger partial charge in [-0.2, -0.15) is 0 Å². The first-order valence-corrected chi connectivity index (χ1v) is 6.78. The van der Waals surface area contributed by atoms with Crippen LogP contribution >= 0.6 is 11.6 Å². The molecule has 2 rings (SSSR count). The molecular weight excluding hydrogens is 232 g/mol. The van der Waals surface area contributed by atoms with Crippen LogP contribution in [0.5, 0.6) is 0 Å². The Labute approximate surface area is 109 Å². The maximum atomic E-state index is 10.9. The van der Waals surface area contributed by atoms with E-state index in [1.165, 1.54) is 6.42 Å². The zero-order valence-corrected chi connectivity index (χ0v) is 11.4. The lowest BCUT2D eigenvalue weighted by Gasteiger charge is -2.29. The Hall–Kier alpha value is -0.530. The number of hydrogen-bond donors (Lipinski definition) is 1. The van der Waals surface area contributed by atoms with E-state index in [-0.39, 0.29) is 0 Å². The average Bonchev–Trinajstić information content (AvgIpc) is 2.40. The predicted molar refractivity (Wildman–Crippen MR) is 72.2 cm³/mol. The normalized spacial score (nSPS) is 28.7. The summed E-state index contributed by atoms with van der Waals surface area (Å²) in [5, 5.41) is 11.5. The molecule has 0 bridgehead atoms. The maximum absolute atomic E-state index is 10.9. The van der Waals surface area contributed by atoms with E-state index in [4.69, 9.17) is 11.6 Å². The first-order valence-electron chi connectivity index (χ1n) is 6.40. The van der Waals surface area contributed by atoms with Gasteiger partial charge in [-0.3, -0.25) is 0 Å². The summed E-state index contributed by atoms with van der Waals surface area (Å²) in [6.45, 7) is 4.57. The molecule has 1 aliphatic carbocycles. The van der Waals surface area contributed by atoms with Crippen LogP contribution in [0, 0.1) is 5.41 Å². The quantitative estimate of drug-likeness (QED) is 0.729. The van der Waals surface area contributed by atoms with Crippen molar-refractivity contribution in [3.8, 4) is 0 Å². The van der Waals surface area contributed by atoms with Gasteiger partial charge >= 0.3 is 0 Å². The van der Waals surface area contributed by atoms with Gasteiger partial charge in [0.15, 0.2) is 0 Å². The summed E-state index contributed by atoms with van der Waals surface area (Å²) in [6, 6.07) is 7.69. The Morgan fingerprint density at radius 3 is 2.47 bits per heavy atom. The Morgan fingerprint density at radius 2 is 1.76 bits per heavy atom. The minimum absolute atomic E-state index is 0.339. The molecule has 1 aliphatic rings. The molecule has 1 aromatic rings. The largest absolute Gasteiger partial charge is 0.385 e. The van der Waals surface area contributed by atoms with Crippen molar-refractivity contribution in [3.63, 3.8) is 0 Å². The van der Waals surface area contributed by atoms with Crippen LogP contribution in [0.4, 0.5) is 0 Å². The second-order valence-corrected chi connectivity index (χ2v) is 6.44. The van der Waals surface area contributed by atoms with Gasteiger partial charge in [0.1, 0.15) is 0 Å². The van der Waals surface area contributed by atoms with Crippen LogP contribution in [-0.2, 0) is 5.60 Å². The SMILES string of the molecule is CC1(C)CCCC(O)(c2ccccc2Cl)CC1. The third kappa shape index (κ3) is 2.83. The van der Waals surface area contributed by atoms with Gasteiger partial charge in [0.05, 0.1) is 5.60 Å². The summed E-state index contributed by atoms with van der Waals surface area (Å²) in [7, 11) is 0. The van der Waals surface area contributed by atoms with Crippen LogP contribution in [0.25, 0.3) is 0 Å². The molecule has 1 aromatic carbocycles.